The third kappa shape index (κ3) is 3.64. The minimum atomic E-state index is -4.81. The van der Waals surface area contributed by atoms with Gasteiger partial charge in [-0.25, -0.2) is 4.68 Å². The van der Waals surface area contributed by atoms with Crippen LogP contribution in [-0.2, 0) is 6.18 Å². The Kier molecular flexibility index (Phi) is 4.65. The molecule has 0 unspecified atom stereocenters. The van der Waals surface area contributed by atoms with Gasteiger partial charge in [-0.05, 0) is 43.2 Å². The molecule has 0 atom stereocenters. The topological polar surface area (TPSA) is 67.2 Å². The number of alkyl halides is 3. The van der Waals surface area contributed by atoms with E-state index in [2.05, 4.69) is 10.4 Å². The van der Waals surface area contributed by atoms with Gasteiger partial charge in [0.2, 0.25) is 0 Å². The average molecular weight is 375 g/mol. The Labute approximate surface area is 153 Å². The summed E-state index contributed by atoms with van der Waals surface area (Å²) in [7, 11) is 0. The summed E-state index contributed by atoms with van der Waals surface area (Å²) in [6.07, 6.45) is -3.93. The first-order chi connectivity index (χ1) is 12.7. The van der Waals surface area contributed by atoms with Crippen LogP contribution in [0.3, 0.4) is 0 Å². The molecule has 1 aromatic heterocycles. The second-order valence-corrected chi connectivity index (χ2v) is 6.08. The van der Waals surface area contributed by atoms with Gasteiger partial charge in [0, 0.05) is 0 Å². The summed E-state index contributed by atoms with van der Waals surface area (Å²) in [5, 5.41) is 15.9. The van der Waals surface area contributed by atoms with Crippen LogP contribution in [0.25, 0.3) is 5.69 Å². The van der Waals surface area contributed by atoms with Crippen LogP contribution in [-0.4, -0.2) is 20.8 Å². The summed E-state index contributed by atoms with van der Waals surface area (Å²) in [6, 6.07) is 10.9. The van der Waals surface area contributed by atoms with Crippen molar-refractivity contribution in [3.8, 4) is 11.4 Å². The number of aromatic nitrogens is 2. The number of phenolic OH excluding ortho intramolecular Hbond substituents is 1. The maximum atomic E-state index is 13.7. The minimum Gasteiger partial charge on any atom is -0.506 e. The van der Waals surface area contributed by atoms with Crippen LogP contribution in [0.4, 0.5) is 18.9 Å². The summed E-state index contributed by atoms with van der Waals surface area (Å²) in [5.41, 5.74) is -0.253. The summed E-state index contributed by atoms with van der Waals surface area (Å²) < 4.78 is 41.8. The molecule has 140 valence electrons. The van der Waals surface area contributed by atoms with Crippen molar-refractivity contribution in [2.24, 2.45) is 0 Å². The van der Waals surface area contributed by atoms with E-state index in [4.69, 9.17) is 0 Å². The smallest absolute Gasteiger partial charge is 0.434 e. The highest BCUT2D eigenvalue weighted by molar-refractivity contribution is 6.05. The molecule has 0 bridgehead atoms. The summed E-state index contributed by atoms with van der Waals surface area (Å²) in [5.74, 6) is -1.25. The molecule has 1 amide bonds. The van der Waals surface area contributed by atoms with E-state index in [0.29, 0.717) is 10.2 Å². The summed E-state index contributed by atoms with van der Waals surface area (Å²) in [6.45, 7) is 3.38. The lowest BCUT2D eigenvalue weighted by Gasteiger charge is -2.14. The number of aromatic hydroxyl groups is 1. The molecule has 0 aliphatic heterocycles. The highest BCUT2D eigenvalue weighted by Crippen LogP contribution is 2.35. The number of aryl methyl sites for hydroxylation is 2. The molecule has 3 rings (SSSR count). The van der Waals surface area contributed by atoms with Gasteiger partial charge in [-0.1, -0.05) is 24.3 Å². The number of amides is 1. The zero-order valence-electron chi connectivity index (χ0n) is 14.5. The maximum Gasteiger partial charge on any atom is 0.434 e. The van der Waals surface area contributed by atoms with Gasteiger partial charge in [0.25, 0.3) is 5.91 Å². The van der Waals surface area contributed by atoms with E-state index in [9.17, 15) is 23.1 Å². The Bertz CT molecular complexity index is 1010. The number of nitrogens with one attached hydrogen (secondary N) is 1. The highest BCUT2D eigenvalue weighted by atomic mass is 19.4. The van der Waals surface area contributed by atoms with E-state index in [-0.39, 0.29) is 17.1 Å². The quantitative estimate of drug-likeness (QED) is 0.664. The molecule has 1 heterocycles. The number of rotatable bonds is 3. The number of carbonyl (C=O) groups excluding carboxylic acids is 1. The average Bonchev–Trinajstić information content (AvgIpc) is 3.04. The van der Waals surface area contributed by atoms with Crippen molar-refractivity contribution < 1.29 is 23.1 Å². The van der Waals surface area contributed by atoms with Crippen LogP contribution < -0.4 is 5.32 Å². The van der Waals surface area contributed by atoms with E-state index in [0.717, 1.165) is 11.8 Å². The third-order valence-corrected chi connectivity index (χ3v) is 4.03. The normalized spacial score (nSPS) is 11.4. The highest BCUT2D eigenvalue weighted by Gasteiger charge is 2.40. The molecule has 0 radical (unpaired) electrons. The van der Waals surface area contributed by atoms with Crippen LogP contribution in [0, 0.1) is 13.8 Å². The SMILES string of the molecule is Cc1ccc(O)c(NC(=O)c2cnn(-c3ccccc3C)c2C(F)(F)F)c1. The lowest BCUT2D eigenvalue weighted by atomic mass is 10.1. The Morgan fingerprint density at radius 1 is 1.15 bits per heavy atom. The summed E-state index contributed by atoms with van der Waals surface area (Å²) in [4.78, 5) is 12.5. The standard InChI is InChI=1S/C19H16F3N3O2/c1-11-7-8-16(26)14(9-11)24-18(27)13-10-23-25(17(13)19(20,21)22)15-6-4-3-5-12(15)2/h3-10,26H,1-2H3,(H,24,27). The Hall–Kier alpha value is -3.29. The Balaban J connectivity index is 2.07. The fraction of sp³-hybridized carbons (Fsp3) is 0.158. The molecule has 0 saturated heterocycles. The molecular weight excluding hydrogens is 359 g/mol. The first kappa shape index (κ1) is 18.5. The van der Waals surface area contributed by atoms with Gasteiger partial charge in [0.05, 0.1) is 23.1 Å². The van der Waals surface area contributed by atoms with Crippen molar-refractivity contribution in [3.05, 3.63) is 71.0 Å². The summed E-state index contributed by atoms with van der Waals surface area (Å²) >= 11 is 0. The van der Waals surface area contributed by atoms with E-state index < -0.39 is 23.3 Å². The van der Waals surface area contributed by atoms with Crippen molar-refractivity contribution in [1.29, 1.82) is 0 Å². The molecule has 0 aliphatic rings. The first-order valence-corrected chi connectivity index (χ1v) is 8.00. The van der Waals surface area contributed by atoms with Gasteiger partial charge >= 0.3 is 6.18 Å². The Morgan fingerprint density at radius 2 is 1.85 bits per heavy atom. The molecule has 0 spiro atoms. The second-order valence-electron chi connectivity index (χ2n) is 6.08. The molecule has 0 aliphatic carbocycles. The number of phenols is 1. The van der Waals surface area contributed by atoms with Crippen LogP contribution in [0.5, 0.6) is 5.75 Å². The van der Waals surface area contributed by atoms with Crippen LogP contribution >= 0.6 is 0 Å². The molecule has 0 saturated carbocycles. The number of hydrogen-bond acceptors (Lipinski definition) is 3. The molecule has 8 heteroatoms. The molecule has 2 aromatic carbocycles. The maximum absolute atomic E-state index is 13.7. The first-order valence-electron chi connectivity index (χ1n) is 8.00. The van der Waals surface area contributed by atoms with Gasteiger partial charge < -0.3 is 10.4 Å². The van der Waals surface area contributed by atoms with Crippen LogP contribution in [0.1, 0.15) is 27.2 Å². The largest absolute Gasteiger partial charge is 0.506 e. The van der Waals surface area contributed by atoms with Crippen molar-refractivity contribution in [3.63, 3.8) is 0 Å². The van der Waals surface area contributed by atoms with Crippen molar-refractivity contribution >= 4 is 11.6 Å². The predicted molar refractivity (Wildman–Crippen MR) is 94.1 cm³/mol. The van der Waals surface area contributed by atoms with E-state index >= 15 is 0 Å². The van der Waals surface area contributed by atoms with Gasteiger partial charge in [0.1, 0.15) is 5.75 Å². The predicted octanol–water partition coefficient (Wildman–Crippen LogP) is 4.47. The lowest BCUT2D eigenvalue weighted by molar-refractivity contribution is -0.143. The zero-order chi connectivity index (χ0) is 19.8. The monoisotopic (exact) mass is 375 g/mol. The van der Waals surface area contributed by atoms with Crippen molar-refractivity contribution in [2.45, 2.75) is 20.0 Å². The number of halogens is 3. The van der Waals surface area contributed by atoms with Gasteiger partial charge in [-0.15, -0.1) is 0 Å². The van der Waals surface area contributed by atoms with Crippen LogP contribution in [0.15, 0.2) is 48.7 Å². The molecule has 2 N–H and O–H groups in total. The Morgan fingerprint density at radius 3 is 2.52 bits per heavy atom. The number of anilines is 1. The molecule has 3 aromatic rings. The zero-order valence-corrected chi connectivity index (χ0v) is 14.5. The molecule has 27 heavy (non-hydrogen) atoms. The second kappa shape index (κ2) is 6.79. The number of nitrogens with zero attached hydrogens (tertiary/aromatic N) is 2. The van der Waals surface area contributed by atoms with E-state index in [1.165, 1.54) is 18.2 Å². The van der Waals surface area contributed by atoms with Crippen LogP contribution in [0.2, 0.25) is 0 Å². The lowest BCUT2D eigenvalue weighted by Crippen LogP contribution is -2.21. The van der Waals surface area contributed by atoms with Gasteiger partial charge in [-0.3, -0.25) is 4.79 Å². The number of carbonyl (C=O) groups is 1. The minimum absolute atomic E-state index is 0.0248. The number of para-hydroxylation sites is 1. The molecule has 0 fully saturated rings. The third-order valence-electron chi connectivity index (χ3n) is 4.03. The number of hydrogen-bond donors (Lipinski definition) is 2. The van der Waals surface area contributed by atoms with Gasteiger partial charge in [-0.2, -0.15) is 18.3 Å². The van der Waals surface area contributed by atoms with Gasteiger partial charge in [0.15, 0.2) is 5.69 Å². The van der Waals surface area contributed by atoms with Crippen molar-refractivity contribution in [2.75, 3.05) is 5.32 Å². The van der Waals surface area contributed by atoms with E-state index in [1.54, 1.807) is 38.1 Å². The molecular formula is C19H16F3N3O2. The number of benzene rings is 2. The van der Waals surface area contributed by atoms with Crippen molar-refractivity contribution in [1.82, 2.24) is 9.78 Å². The fourth-order valence-electron chi connectivity index (χ4n) is 2.71. The molecule has 5 nitrogen and oxygen atoms in total. The fourth-order valence-corrected chi connectivity index (χ4v) is 2.71. The van der Waals surface area contributed by atoms with E-state index in [1.807, 2.05) is 0 Å².